The van der Waals surface area contributed by atoms with Gasteiger partial charge in [-0.2, -0.15) is 0 Å². The standard InChI is InChI=1S/C10H10O/c11-9-5-4-8-10-6-2-1-3-7-10/h1-3,5-7H,4,8H2. The number of carbonyl (C=O) groups excluding carboxylic acids is 1. The van der Waals surface area contributed by atoms with Gasteiger partial charge in [-0.15, -0.1) is 0 Å². The van der Waals surface area contributed by atoms with Crippen LogP contribution in [0.15, 0.2) is 36.4 Å². The molecule has 1 aromatic carbocycles. The highest BCUT2D eigenvalue weighted by atomic mass is 16.1. The highest BCUT2D eigenvalue weighted by Gasteiger charge is 1.87. The van der Waals surface area contributed by atoms with Crippen molar-refractivity contribution in [2.24, 2.45) is 0 Å². The van der Waals surface area contributed by atoms with Gasteiger partial charge < -0.3 is 0 Å². The van der Waals surface area contributed by atoms with Gasteiger partial charge in [-0.3, -0.25) is 0 Å². The molecule has 11 heavy (non-hydrogen) atoms. The topological polar surface area (TPSA) is 17.1 Å². The zero-order valence-corrected chi connectivity index (χ0v) is 6.29. The Labute approximate surface area is 66.4 Å². The normalized spacial score (nSPS) is 8.73. The van der Waals surface area contributed by atoms with Gasteiger partial charge in [-0.05, 0) is 18.4 Å². The number of allylic oxidation sites excluding steroid dienone is 1. The SMILES string of the molecule is O=C=CCCc1ccccc1. The summed E-state index contributed by atoms with van der Waals surface area (Å²) in [6.07, 6.45) is 3.23. The summed E-state index contributed by atoms with van der Waals surface area (Å²) in [5.41, 5.74) is 1.26. The van der Waals surface area contributed by atoms with Crippen molar-refractivity contribution in [1.82, 2.24) is 0 Å². The monoisotopic (exact) mass is 146 g/mol. The second-order valence-corrected chi connectivity index (χ2v) is 2.35. The zero-order valence-electron chi connectivity index (χ0n) is 6.29. The highest BCUT2D eigenvalue weighted by Crippen LogP contribution is 2.01. The highest BCUT2D eigenvalue weighted by molar-refractivity contribution is 5.44. The molecule has 0 fully saturated rings. The summed E-state index contributed by atoms with van der Waals surface area (Å²) in [6, 6.07) is 10.1. The fourth-order valence-corrected chi connectivity index (χ4v) is 0.942. The smallest absolute Gasteiger partial charge is 0.120 e. The lowest BCUT2D eigenvalue weighted by atomic mass is 10.1. The van der Waals surface area contributed by atoms with Crippen LogP contribution in [0.2, 0.25) is 0 Å². The van der Waals surface area contributed by atoms with E-state index in [2.05, 4.69) is 12.1 Å². The molecule has 1 nitrogen and oxygen atoms in total. The first kappa shape index (κ1) is 7.77. The number of rotatable bonds is 3. The van der Waals surface area contributed by atoms with Crippen molar-refractivity contribution in [3.63, 3.8) is 0 Å². The largest absolute Gasteiger partial charge is 0.234 e. The molecule has 0 N–H and O–H groups in total. The predicted molar refractivity (Wildman–Crippen MR) is 45.0 cm³/mol. The van der Waals surface area contributed by atoms with E-state index in [4.69, 9.17) is 0 Å². The molecule has 0 unspecified atom stereocenters. The second kappa shape index (κ2) is 4.48. The van der Waals surface area contributed by atoms with Crippen LogP contribution in [0.3, 0.4) is 0 Å². The fourth-order valence-electron chi connectivity index (χ4n) is 0.942. The molecule has 0 aliphatic heterocycles. The first-order valence-corrected chi connectivity index (χ1v) is 3.67. The van der Waals surface area contributed by atoms with Gasteiger partial charge in [0.1, 0.15) is 5.94 Å². The van der Waals surface area contributed by atoms with Crippen molar-refractivity contribution >= 4 is 5.94 Å². The van der Waals surface area contributed by atoms with Gasteiger partial charge in [0.05, 0.1) is 0 Å². The van der Waals surface area contributed by atoms with Crippen molar-refractivity contribution in [2.75, 3.05) is 0 Å². The Morgan fingerprint density at radius 2 is 2.00 bits per heavy atom. The maximum Gasteiger partial charge on any atom is 0.120 e. The molecule has 0 aliphatic carbocycles. The van der Waals surface area contributed by atoms with Crippen molar-refractivity contribution in [3.8, 4) is 0 Å². The molecule has 0 atom stereocenters. The van der Waals surface area contributed by atoms with Gasteiger partial charge in [0, 0.05) is 6.08 Å². The van der Waals surface area contributed by atoms with Gasteiger partial charge in [-0.1, -0.05) is 30.3 Å². The molecule has 56 valence electrons. The zero-order chi connectivity index (χ0) is 7.94. The van der Waals surface area contributed by atoms with E-state index in [0.717, 1.165) is 12.8 Å². The van der Waals surface area contributed by atoms with Crippen LogP contribution < -0.4 is 0 Å². The molecule has 0 heterocycles. The van der Waals surface area contributed by atoms with Gasteiger partial charge in [0.2, 0.25) is 0 Å². The van der Waals surface area contributed by atoms with Crippen LogP contribution in [0.4, 0.5) is 0 Å². The van der Waals surface area contributed by atoms with Gasteiger partial charge in [0.15, 0.2) is 0 Å². The van der Waals surface area contributed by atoms with E-state index in [1.807, 2.05) is 18.2 Å². The molecule has 0 saturated carbocycles. The predicted octanol–water partition coefficient (Wildman–Crippen LogP) is 2.01. The van der Waals surface area contributed by atoms with Crippen molar-refractivity contribution in [1.29, 1.82) is 0 Å². The molecule has 1 rings (SSSR count). The van der Waals surface area contributed by atoms with Crippen LogP contribution in [0.1, 0.15) is 12.0 Å². The van der Waals surface area contributed by atoms with Crippen molar-refractivity contribution in [2.45, 2.75) is 12.8 Å². The Morgan fingerprint density at radius 1 is 1.27 bits per heavy atom. The van der Waals surface area contributed by atoms with E-state index in [1.165, 1.54) is 11.6 Å². The number of aryl methyl sites for hydroxylation is 1. The lowest BCUT2D eigenvalue weighted by Crippen LogP contribution is -1.80. The maximum atomic E-state index is 9.81. The quantitative estimate of drug-likeness (QED) is 0.596. The third-order valence-electron chi connectivity index (χ3n) is 1.50. The maximum absolute atomic E-state index is 9.81. The Bertz CT molecular complexity index is 245. The van der Waals surface area contributed by atoms with Crippen LogP contribution >= 0.6 is 0 Å². The molecule has 0 aromatic heterocycles. The molecular formula is C10H10O. The van der Waals surface area contributed by atoms with Crippen LogP contribution in [-0.2, 0) is 11.2 Å². The molecule has 0 aliphatic rings. The second-order valence-electron chi connectivity index (χ2n) is 2.35. The lowest BCUT2D eigenvalue weighted by Gasteiger charge is -1.94. The molecule has 1 heteroatoms. The molecule has 1 aromatic rings. The minimum atomic E-state index is 0.785. The summed E-state index contributed by atoms with van der Waals surface area (Å²) in [5, 5.41) is 0. The third-order valence-corrected chi connectivity index (χ3v) is 1.50. The van der Waals surface area contributed by atoms with E-state index < -0.39 is 0 Å². The Balaban J connectivity index is 2.45. The van der Waals surface area contributed by atoms with Gasteiger partial charge >= 0.3 is 0 Å². The Morgan fingerprint density at radius 3 is 2.64 bits per heavy atom. The van der Waals surface area contributed by atoms with E-state index in [-0.39, 0.29) is 0 Å². The number of hydrogen-bond acceptors (Lipinski definition) is 1. The Hall–Kier alpha value is -1.33. The van der Waals surface area contributed by atoms with E-state index in [0.29, 0.717) is 0 Å². The minimum Gasteiger partial charge on any atom is -0.234 e. The Kier molecular flexibility index (Phi) is 3.17. The first-order valence-electron chi connectivity index (χ1n) is 3.67. The molecule has 0 radical (unpaired) electrons. The molecule has 0 spiro atoms. The number of hydrogen-bond donors (Lipinski definition) is 0. The van der Waals surface area contributed by atoms with E-state index in [1.54, 1.807) is 5.94 Å². The van der Waals surface area contributed by atoms with Crippen LogP contribution in [-0.4, -0.2) is 5.94 Å². The van der Waals surface area contributed by atoms with E-state index in [9.17, 15) is 4.79 Å². The lowest BCUT2D eigenvalue weighted by molar-refractivity contribution is 0.568. The average Bonchev–Trinajstić information content (AvgIpc) is 2.07. The van der Waals surface area contributed by atoms with Crippen molar-refractivity contribution < 1.29 is 4.79 Å². The van der Waals surface area contributed by atoms with E-state index >= 15 is 0 Å². The van der Waals surface area contributed by atoms with Gasteiger partial charge in [-0.25, -0.2) is 4.79 Å². The molecule has 0 bridgehead atoms. The molecule has 0 amide bonds. The molecular weight excluding hydrogens is 136 g/mol. The molecule has 0 saturated heterocycles. The summed E-state index contributed by atoms with van der Waals surface area (Å²) in [4.78, 5) is 9.81. The van der Waals surface area contributed by atoms with Crippen LogP contribution in [0.5, 0.6) is 0 Å². The van der Waals surface area contributed by atoms with Crippen LogP contribution in [0.25, 0.3) is 0 Å². The number of benzene rings is 1. The summed E-state index contributed by atoms with van der Waals surface area (Å²) < 4.78 is 0. The summed E-state index contributed by atoms with van der Waals surface area (Å²) in [5.74, 6) is 1.76. The first-order chi connectivity index (χ1) is 5.43. The van der Waals surface area contributed by atoms with Crippen molar-refractivity contribution in [3.05, 3.63) is 42.0 Å². The van der Waals surface area contributed by atoms with Gasteiger partial charge in [0.25, 0.3) is 0 Å². The fraction of sp³-hybridized carbons (Fsp3) is 0.200. The van der Waals surface area contributed by atoms with Crippen LogP contribution in [0, 0.1) is 0 Å². The summed E-state index contributed by atoms with van der Waals surface area (Å²) >= 11 is 0. The third kappa shape index (κ3) is 2.83. The minimum absolute atomic E-state index is 0.785. The average molecular weight is 146 g/mol. The summed E-state index contributed by atoms with van der Waals surface area (Å²) in [7, 11) is 0. The summed E-state index contributed by atoms with van der Waals surface area (Å²) in [6.45, 7) is 0.